The van der Waals surface area contributed by atoms with Gasteiger partial charge in [-0.3, -0.25) is 4.79 Å². The molecule has 3 aromatic heterocycles. The van der Waals surface area contributed by atoms with Crippen LogP contribution in [0.1, 0.15) is 22.5 Å². The van der Waals surface area contributed by atoms with E-state index < -0.39 is 0 Å². The van der Waals surface area contributed by atoms with E-state index in [1.165, 1.54) is 26.6 Å². The summed E-state index contributed by atoms with van der Waals surface area (Å²) < 4.78 is 21.0. The Bertz CT molecular complexity index is 2710. The molecule has 0 aliphatic heterocycles. The van der Waals surface area contributed by atoms with Gasteiger partial charge < -0.3 is 14.2 Å². The Kier molecular flexibility index (Phi) is 9.34. The van der Waals surface area contributed by atoms with Crippen LogP contribution in [0.5, 0.6) is 17.2 Å². The average molecular weight is 716 g/mol. The maximum absolute atomic E-state index is 13.6. The number of rotatable bonds is 12. The highest BCUT2D eigenvalue weighted by Gasteiger charge is 2.15. The number of hydrogen-bond donors (Lipinski definition) is 0. The van der Waals surface area contributed by atoms with Gasteiger partial charge in [-0.05, 0) is 82.6 Å². The number of benzene rings is 5. The van der Waals surface area contributed by atoms with E-state index in [-0.39, 0.29) is 5.56 Å². The summed E-state index contributed by atoms with van der Waals surface area (Å²) in [6, 6.07) is 37.9. The monoisotopic (exact) mass is 715 g/mol. The second-order valence-corrected chi connectivity index (χ2v) is 13.1. The van der Waals surface area contributed by atoms with Gasteiger partial charge in [0.1, 0.15) is 24.7 Å². The molecule has 260 valence electrons. The van der Waals surface area contributed by atoms with E-state index in [0.29, 0.717) is 40.0 Å². The highest BCUT2D eigenvalue weighted by molar-refractivity contribution is 7.15. The Morgan fingerprint density at radius 2 is 1.64 bits per heavy atom. The minimum atomic E-state index is -0.252. The van der Waals surface area contributed by atoms with Gasteiger partial charge in [0, 0.05) is 17.3 Å². The standard InChI is InChI=1S/C43H33N5O4S/c1-3-24-51-37-22-16-29(25-38(37)50-2)17-23-40-44-43-48(45-40)42(49)39(53-43)26-33-27-47(34-13-5-4-6-14-34)46-41(33)31-18-20-35(21-19-31)52-28-32-12-9-11-30-10-7-8-15-36(30)32/h3-23,25-27H,1,24,28H2,2H3/b23-17+,39-26-. The zero-order valence-corrected chi connectivity index (χ0v) is 29.6. The van der Waals surface area contributed by atoms with E-state index in [1.54, 1.807) is 19.3 Å². The minimum Gasteiger partial charge on any atom is -0.493 e. The quantitative estimate of drug-likeness (QED) is 0.118. The Morgan fingerprint density at radius 1 is 0.830 bits per heavy atom. The van der Waals surface area contributed by atoms with Gasteiger partial charge >= 0.3 is 0 Å². The van der Waals surface area contributed by atoms with Crippen molar-refractivity contribution in [1.29, 1.82) is 0 Å². The lowest BCUT2D eigenvalue weighted by Gasteiger charge is -2.10. The Morgan fingerprint density at radius 3 is 2.45 bits per heavy atom. The molecule has 0 bridgehead atoms. The van der Waals surface area contributed by atoms with Crippen molar-refractivity contribution in [3.05, 3.63) is 172 Å². The van der Waals surface area contributed by atoms with Crippen LogP contribution in [0.2, 0.25) is 0 Å². The fourth-order valence-corrected chi connectivity index (χ4v) is 6.91. The zero-order chi connectivity index (χ0) is 36.1. The molecule has 8 rings (SSSR count). The smallest absolute Gasteiger partial charge is 0.291 e. The molecule has 0 aliphatic carbocycles. The Labute approximate surface area is 309 Å². The lowest BCUT2D eigenvalue weighted by atomic mass is 10.1. The van der Waals surface area contributed by atoms with Gasteiger partial charge in [-0.25, -0.2) is 4.68 Å². The summed E-state index contributed by atoms with van der Waals surface area (Å²) in [6.07, 6.45) is 9.09. The van der Waals surface area contributed by atoms with Crippen molar-refractivity contribution < 1.29 is 14.2 Å². The van der Waals surface area contributed by atoms with Crippen molar-refractivity contribution >= 4 is 45.3 Å². The molecule has 53 heavy (non-hydrogen) atoms. The number of hydrogen-bond acceptors (Lipinski definition) is 8. The van der Waals surface area contributed by atoms with E-state index in [1.807, 2.05) is 108 Å². The normalized spacial score (nSPS) is 11.8. The van der Waals surface area contributed by atoms with Crippen molar-refractivity contribution in [2.45, 2.75) is 6.61 Å². The molecule has 3 heterocycles. The molecule has 0 N–H and O–H groups in total. The van der Waals surface area contributed by atoms with Crippen LogP contribution in [0.25, 0.3) is 50.9 Å². The number of para-hydroxylation sites is 1. The molecule has 0 saturated carbocycles. The third-order valence-electron chi connectivity index (χ3n) is 8.62. The lowest BCUT2D eigenvalue weighted by molar-refractivity contribution is 0.308. The molecule has 0 saturated heterocycles. The van der Waals surface area contributed by atoms with Gasteiger partial charge in [-0.1, -0.05) is 96.8 Å². The highest BCUT2D eigenvalue weighted by atomic mass is 32.1. The SMILES string of the molecule is C=CCOc1ccc(/C=C/c2nc3s/c(=C\c4cn(-c5ccccc5)nc4-c4ccc(OCc5cccc6ccccc56)cc4)c(=O)n3n2)cc1OC. The molecule has 0 atom stereocenters. The summed E-state index contributed by atoms with van der Waals surface area (Å²) in [6.45, 7) is 4.52. The molecule has 0 fully saturated rings. The number of ether oxygens (including phenoxy) is 3. The number of methoxy groups -OCH3 is 1. The van der Waals surface area contributed by atoms with Crippen molar-refractivity contribution in [1.82, 2.24) is 24.4 Å². The zero-order valence-electron chi connectivity index (χ0n) is 28.8. The third kappa shape index (κ3) is 7.08. The number of aromatic nitrogens is 5. The van der Waals surface area contributed by atoms with E-state index in [9.17, 15) is 4.79 Å². The fourth-order valence-electron chi connectivity index (χ4n) is 6.01. The Hall–Kier alpha value is -6.78. The van der Waals surface area contributed by atoms with E-state index in [2.05, 4.69) is 47.0 Å². The first-order valence-electron chi connectivity index (χ1n) is 16.9. The molecule has 9 nitrogen and oxygen atoms in total. The number of thiazole rings is 1. The average Bonchev–Trinajstić information content (AvgIpc) is 3.90. The van der Waals surface area contributed by atoms with E-state index >= 15 is 0 Å². The van der Waals surface area contributed by atoms with Crippen molar-refractivity contribution in [3.8, 4) is 34.2 Å². The largest absolute Gasteiger partial charge is 0.493 e. The summed E-state index contributed by atoms with van der Waals surface area (Å²) in [7, 11) is 1.59. The highest BCUT2D eigenvalue weighted by Crippen LogP contribution is 2.30. The van der Waals surface area contributed by atoms with Crippen LogP contribution in [0.4, 0.5) is 0 Å². The van der Waals surface area contributed by atoms with E-state index in [0.717, 1.165) is 39.4 Å². The van der Waals surface area contributed by atoms with Crippen LogP contribution in [-0.2, 0) is 6.61 Å². The molecule has 10 heteroatoms. The first-order valence-corrected chi connectivity index (χ1v) is 17.7. The van der Waals surface area contributed by atoms with E-state index in [4.69, 9.17) is 19.3 Å². The topological polar surface area (TPSA) is 92.8 Å². The molecule has 0 spiro atoms. The lowest BCUT2D eigenvalue weighted by Crippen LogP contribution is -2.23. The molecule has 8 aromatic rings. The third-order valence-corrected chi connectivity index (χ3v) is 9.58. The summed E-state index contributed by atoms with van der Waals surface area (Å²) in [4.78, 5) is 18.7. The van der Waals surface area contributed by atoms with Gasteiger partial charge in [-0.15, -0.1) is 5.10 Å². The van der Waals surface area contributed by atoms with Crippen molar-refractivity contribution in [2.75, 3.05) is 13.7 Å². The second kappa shape index (κ2) is 14.8. The van der Waals surface area contributed by atoms with Crippen LogP contribution < -0.4 is 24.3 Å². The molecule has 0 aliphatic rings. The molecular weight excluding hydrogens is 683 g/mol. The van der Waals surface area contributed by atoms with Crippen LogP contribution >= 0.6 is 11.3 Å². The van der Waals surface area contributed by atoms with Crippen LogP contribution in [0.15, 0.2) is 139 Å². The van der Waals surface area contributed by atoms with Crippen LogP contribution in [-0.4, -0.2) is 38.1 Å². The predicted molar refractivity (Wildman–Crippen MR) is 211 cm³/mol. The molecular formula is C43H33N5O4S. The summed E-state index contributed by atoms with van der Waals surface area (Å²) in [5.41, 5.74) is 5.05. The fraction of sp³-hybridized carbons (Fsp3) is 0.0698. The maximum Gasteiger partial charge on any atom is 0.291 e. The number of fused-ring (bicyclic) bond motifs is 2. The van der Waals surface area contributed by atoms with Crippen molar-refractivity contribution in [3.63, 3.8) is 0 Å². The Balaban J connectivity index is 1.07. The second-order valence-electron chi connectivity index (χ2n) is 12.1. The van der Waals surface area contributed by atoms with Crippen LogP contribution in [0, 0.1) is 0 Å². The molecule has 0 radical (unpaired) electrons. The minimum absolute atomic E-state index is 0.252. The van der Waals surface area contributed by atoms with Gasteiger partial charge in [0.05, 0.1) is 17.3 Å². The van der Waals surface area contributed by atoms with Crippen LogP contribution in [0.3, 0.4) is 0 Å². The van der Waals surface area contributed by atoms with Gasteiger partial charge in [0.25, 0.3) is 5.56 Å². The summed E-state index contributed by atoms with van der Waals surface area (Å²) in [5, 5.41) is 11.8. The maximum atomic E-state index is 13.6. The predicted octanol–water partition coefficient (Wildman–Crippen LogP) is 8.03. The summed E-state index contributed by atoms with van der Waals surface area (Å²) >= 11 is 1.28. The first-order chi connectivity index (χ1) is 26.1. The van der Waals surface area contributed by atoms with Gasteiger partial charge in [0.2, 0.25) is 4.96 Å². The molecule has 0 unspecified atom stereocenters. The first kappa shape index (κ1) is 33.4. The summed E-state index contributed by atoms with van der Waals surface area (Å²) in [5.74, 6) is 2.40. The molecule has 0 amide bonds. The number of nitrogens with zero attached hydrogens (tertiary/aromatic N) is 5. The van der Waals surface area contributed by atoms with Gasteiger partial charge in [-0.2, -0.15) is 14.6 Å². The van der Waals surface area contributed by atoms with Gasteiger partial charge in [0.15, 0.2) is 17.3 Å². The molecule has 5 aromatic carbocycles. The van der Waals surface area contributed by atoms with Crippen molar-refractivity contribution in [2.24, 2.45) is 0 Å².